The normalized spacial score (nSPS) is 8.62. The van der Waals surface area contributed by atoms with Crippen LogP contribution in [0.15, 0.2) is 22.7 Å². The van der Waals surface area contributed by atoms with Gasteiger partial charge in [0.25, 0.3) is 0 Å². The summed E-state index contributed by atoms with van der Waals surface area (Å²) in [5.41, 5.74) is 1.25. The summed E-state index contributed by atoms with van der Waals surface area (Å²) in [5, 5.41) is 8.66. The molecule has 0 fully saturated rings. The summed E-state index contributed by atoms with van der Waals surface area (Å²) in [5.74, 6) is -0.902. The summed E-state index contributed by atoms with van der Waals surface area (Å²) in [6, 6.07) is 5.15. The number of aryl methyl sites for hydroxylation is 1. The number of rotatable bonds is 1. The molecule has 0 radical (unpaired) electrons. The zero-order valence-electron chi connectivity index (χ0n) is 7.97. The highest BCUT2D eigenvalue weighted by atomic mass is 79.9. The second-order valence-electron chi connectivity index (χ2n) is 2.24. The lowest BCUT2D eigenvalue weighted by molar-refractivity contribution is 0.0696. The van der Waals surface area contributed by atoms with Gasteiger partial charge >= 0.3 is 5.97 Å². The van der Waals surface area contributed by atoms with Crippen LogP contribution in [0.4, 0.5) is 0 Å². The van der Waals surface area contributed by atoms with Gasteiger partial charge in [-0.1, -0.05) is 26.0 Å². The summed E-state index contributed by atoms with van der Waals surface area (Å²) in [6.07, 6.45) is 0. The molecule has 0 saturated carbocycles. The van der Waals surface area contributed by atoms with Crippen LogP contribution in [0.1, 0.15) is 29.8 Å². The van der Waals surface area contributed by atoms with Crippen molar-refractivity contribution in [1.29, 1.82) is 0 Å². The molecule has 72 valence electrons. The van der Waals surface area contributed by atoms with Gasteiger partial charge in [0.2, 0.25) is 0 Å². The maximum absolute atomic E-state index is 10.5. The molecule has 0 aromatic heterocycles. The van der Waals surface area contributed by atoms with Crippen molar-refractivity contribution in [2.75, 3.05) is 0 Å². The van der Waals surface area contributed by atoms with Gasteiger partial charge in [-0.2, -0.15) is 0 Å². The average molecular weight is 245 g/mol. The van der Waals surface area contributed by atoms with Gasteiger partial charge < -0.3 is 5.11 Å². The number of hydrogen-bond acceptors (Lipinski definition) is 1. The molecule has 0 aliphatic heterocycles. The van der Waals surface area contributed by atoms with Crippen LogP contribution in [0, 0.1) is 6.92 Å². The first-order valence-electron chi connectivity index (χ1n) is 4.11. The van der Waals surface area contributed by atoms with Crippen LogP contribution >= 0.6 is 15.9 Å². The first kappa shape index (κ1) is 12.2. The van der Waals surface area contributed by atoms with E-state index >= 15 is 0 Å². The fraction of sp³-hybridized carbons (Fsp3) is 0.300. The molecule has 0 unspecified atom stereocenters. The Balaban J connectivity index is 0.000000671. The van der Waals surface area contributed by atoms with Crippen LogP contribution in [0.25, 0.3) is 0 Å². The van der Waals surface area contributed by atoms with Gasteiger partial charge in [-0.15, -0.1) is 0 Å². The largest absolute Gasteiger partial charge is 0.478 e. The lowest BCUT2D eigenvalue weighted by atomic mass is 10.1. The van der Waals surface area contributed by atoms with Crippen molar-refractivity contribution in [2.45, 2.75) is 20.8 Å². The number of hydrogen-bond donors (Lipinski definition) is 1. The lowest BCUT2D eigenvalue weighted by Crippen LogP contribution is -1.97. The Bertz CT molecular complexity index is 295. The zero-order valence-corrected chi connectivity index (χ0v) is 9.55. The molecule has 1 aromatic rings. The SMILES string of the molecule is CC.Cc1cccc(C(=O)O)c1Br. The maximum atomic E-state index is 10.5. The molecule has 0 heterocycles. The predicted molar refractivity (Wildman–Crippen MR) is 57.2 cm³/mol. The van der Waals surface area contributed by atoms with Crippen LogP contribution in [0.3, 0.4) is 0 Å². The number of carboxylic acid groups (broad SMARTS) is 1. The van der Waals surface area contributed by atoms with Crippen molar-refractivity contribution in [3.8, 4) is 0 Å². The number of carbonyl (C=O) groups is 1. The number of halogens is 1. The van der Waals surface area contributed by atoms with E-state index in [1.165, 1.54) is 0 Å². The first-order chi connectivity index (χ1) is 6.13. The van der Waals surface area contributed by atoms with Crippen LogP contribution in [0.5, 0.6) is 0 Å². The zero-order chi connectivity index (χ0) is 10.4. The standard InChI is InChI=1S/C8H7BrO2.C2H6/c1-5-3-2-4-6(7(5)9)8(10)11;1-2/h2-4H,1H3,(H,10,11);1-2H3. The lowest BCUT2D eigenvalue weighted by Gasteiger charge is -2.00. The average Bonchev–Trinajstić information content (AvgIpc) is 2.13. The van der Waals surface area contributed by atoms with Crippen LogP contribution < -0.4 is 0 Å². The van der Waals surface area contributed by atoms with Crippen molar-refractivity contribution in [2.24, 2.45) is 0 Å². The molecule has 1 aromatic carbocycles. The van der Waals surface area contributed by atoms with Gasteiger partial charge in [0, 0.05) is 4.47 Å². The van der Waals surface area contributed by atoms with Crippen molar-refractivity contribution in [3.05, 3.63) is 33.8 Å². The molecule has 0 atom stereocenters. The molecule has 0 aliphatic carbocycles. The summed E-state index contributed by atoms with van der Waals surface area (Å²) in [6.45, 7) is 5.86. The predicted octanol–water partition coefficient (Wildman–Crippen LogP) is 3.48. The topological polar surface area (TPSA) is 37.3 Å². The Morgan fingerprint density at radius 3 is 2.31 bits per heavy atom. The quantitative estimate of drug-likeness (QED) is 0.822. The molecule has 1 rings (SSSR count). The first-order valence-corrected chi connectivity index (χ1v) is 4.90. The van der Waals surface area contributed by atoms with E-state index < -0.39 is 5.97 Å². The van der Waals surface area contributed by atoms with E-state index in [0.717, 1.165) is 5.56 Å². The molecule has 2 nitrogen and oxygen atoms in total. The van der Waals surface area contributed by atoms with Gasteiger partial charge in [0.15, 0.2) is 0 Å². The molecular formula is C10H13BrO2. The number of aromatic carboxylic acids is 1. The molecule has 1 N–H and O–H groups in total. The molecule has 13 heavy (non-hydrogen) atoms. The highest BCUT2D eigenvalue weighted by Crippen LogP contribution is 2.20. The third-order valence-corrected chi connectivity index (χ3v) is 2.47. The Hall–Kier alpha value is -0.830. The number of benzene rings is 1. The molecule has 0 saturated heterocycles. The van der Waals surface area contributed by atoms with Crippen LogP contribution in [0.2, 0.25) is 0 Å². The van der Waals surface area contributed by atoms with E-state index in [1.54, 1.807) is 12.1 Å². The third-order valence-electron chi connectivity index (χ3n) is 1.42. The van der Waals surface area contributed by atoms with E-state index in [9.17, 15) is 4.79 Å². The molecule has 0 aliphatic rings. The third kappa shape index (κ3) is 3.19. The van der Waals surface area contributed by atoms with E-state index in [0.29, 0.717) is 10.0 Å². The van der Waals surface area contributed by atoms with E-state index in [1.807, 2.05) is 26.8 Å². The van der Waals surface area contributed by atoms with Gasteiger partial charge in [-0.25, -0.2) is 4.79 Å². The summed E-state index contributed by atoms with van der Waals surface area (Å²) in [7, 11) is 0. The maximum Gasteiger partial charge on any atom is 0.336 e. The van der Waals surface area contributed by atoms with Crippen molar-refractivity contribution in [1.82, 2.24) is 0 Å². The molecule has 0 amide bonds. The highest BCUT2D eigenvalue weighted by molar-refractivity contribution is 9.10. The summed E-state index contributed by atoms with van der Waals surface area (Å²) < 4.78 is 0.660. The van der Waals surface area contributed by atoms with Gasteiger partial charge in [-0.3, -0.25) is 0 Å². The molecular weight excluding hydrogens is 232 g/mol. The Morgan fingerprint density at radius 2 is 1.92 bits per heavy atom. The van der Waals surface area contributed by atoms with Crippen LogP contribution in [-0.2, 0) is 0 Å². The number of carboxylic acids is 1. The Morgan fingerprint density at radius 1 is 1.38 bits per heavy atom. The van der Waals surface area contributed by atoms with Gasteiger partial charge in [0.1, 0.15) is 0 Å². The fourth-order valence-corrected chi connectivity index (χ4v) is 1.25. The Labute approximate surface area is 86.7 Å². The van der Waals surface area contributed by atoms with Crippen molar-refractivity contribution < 1.29 is 9.90 Å². The summed E-state index contributed by atoms with van der Waals surface area (Å²) >= 11 is 3.20. The smallest absolute Gasteiger partial charge is 0.336 e. The van der Waals surface area contributed by atoms with Gasteiger partial charge in [0.05, 0.1) is 5.56 Å². The van der Waals surface area contributed by atoms with E-state index in [-0.39, 0.29) is 0 Å². The minimum atomic E-state index is -0.902. The monoisotopic (exact) mass is 244 g/mol. The molecule has 0 spiro atoms. The fourth-order valence-electron chi connectivity index (χ4n) is 0.813. The second-order valence-corrected chi connectivity index (χ2v) is 3.03. The minimum absolute atomic E-state index is 0.310. The van der Waals surface area contributed by atoms with E-state index in [2.05, 4.69) is 15.9 Å². The van der Waals surface area contributed by atoms with Crippen molar-refractivity contribution >= 4 is 21.9 Å². The summed E-state index contributed by atoms with van der Waals surface area (Å²) in [4.78, 5) is 10.5. The van der Waals surface area contributed by atoms with Gasteiger partial charge in [-0.05, 0) is 34.5 Å². The minimum Gasteiger partial charge on any atom is -0.478 e. The second kappa shape index (κ2) is 5.75. The highest BCUT2D eigenvalue weighted by Gasteiger charge is 2.07. The van der Waals surface area contributed by atoms with E-state index in [4.69, 9.17) is 5.11 Å². The van der Waals surface area contributed by atoms with Crippen molar-refractivity contribution in [3.63, 3.8) is 0 Å². The Kier molecular flexibility index (Phi) is 5.39. The van der Waals surface area contributed by atoms with Crippen LogP contribution in [-0.4, -0.2) is 11.1 Å². The molecule has 3 heteroatoms. The molecule has 0 bridgehead atoms.